The Kier molecular flexibility index (Phi) is 7.51. The molecule has 0 saturated carbocycles. The Morgan fingerprint density at radius 2 is 1.76 bits per heavy atom. The van der Waals surface area contributed by atoms with Crippen LogP contribution in [0.3, 0.4) is 0 Å². The number of carbonyl (C=O) groups excluding carboxylic acids is 1. The van der Waals surface area contributed by atoms with Gasteiger partial charge in [-0.25, -0.2) is 9.79 Å². The van der Waals surface area contributed by atoms with Crippen molar-refractivity contribution in [3.63, 3.8) is 0 Å². The topological polar surface area (TPSA) is 91.0 Å². The van der Waals surface area contributed by atoms with E-state index in [1.165, 1.54) is 18.2 Å². The van der Waals surface area contributed by atoms with Crippen LogP contribution >= 0.6 is 59.4 Å². The summed E-state index contributed by atoms with van der Waals surface area (Å²) in [6.45, 7) is 0.356. The Bertz CT molecular complexity index is 1370. The molecule has 0 saturated heterocycles. The third-order valence-electron chi connectivity index (χ3n) is 4.67. The second-order valence-electron chi connectivity index (χ2n) is 6.95. The Hall–Kier alpha value is -2.53. The smallest absolute Gasteiger partial charge is 0.363 e. The van der Waals surface area contributed by atoms with Gasteiger partial charge < -0.3 is 9.47 Å². The minimum atomic E-state index is -0.661. The summed E-state index contributed by atoms with van der Waals surface area (Å²) in [4.78, 5) is 26.9. The molecule has 1 aliphatic heterocycles. The molecule has 0 bridgehead atoms. The molecule has 172 valence electrons. The number of halogens is 4. The normalized spacial score (nSPS) is 14.2. The second-order valence-corrected chi connectivity index (χ2v) is 9.92. The van der Waals surface area contributed by atoms with Gasteiger partial charge in [-0.1, -0.05) is 45.7 Å². The van der Waals surface area contributed by atoms with Crippen molar-refractivity contribution in [1.82, 2.24) is 0 Å². The lowest BCUT2D eigenvalue weighted by molar-refractivity contribution is -0.384. The molecule has 0 N–H and O–H groups in total. The standard InChI is InChI=1S/C23H12Br3ClN2O5/c24-16-4-2-1-3-13(16)11-33-21-17(25)7-12(8-18(21)26)9-20-23(30)34-22(28-20)15-6-5-14(29(31)32)10-19(15)27/h1-10H,11H2/b20-9-. The van der Waals surface area contributed by atoms with Gasteiger partial charge in [0, 0.05) is 22.2 Å². The Morgan fingerprint density at radius 1 is 1.06 bits per heavy atom. The van der Waals surface area contributed by atoms with E-state index in [0.29, 0.717) is 26.9 Å². The molecule has 34 heavy (non-hydrogen) atoms. The quantitative estimate of drug-likeness (QED) is 0.118. The first-order valence-corrected chi connectivity index (χ1v) is 12.3. The summed E-state index contributed by atoms with van der Waals surface area (Å²) in [6, 6.07) is 15.2. The maximum absolute atomic E-state index is 12.4. The number of nitro benzene ring substituents is 1. The number of ether oxygens (including phenoxy) is 2. The SMILES string of the molecule is O=C1OC(c2ccc([N+](=O)[O-])cc2Cl)=N/C1=C\c1cc(Br)c(OCc2ccccc2Br)c(Br)c1. The highest BCUT2D eigenvalue weighted by Crippen LogP contribution is 2.37. The molecule has 11 heteroatoms. The number of hydrogen-bond acceptors (Lipinski definition) is 6. The minimum absolute atomic E-state index is 0.0253. The molecule has 0 atom stereocenters. The van der Waals surface area contributed by atoms with Crippen LogP contribution in [0.25, 0.3) is 6.08 Å². The number of cyclic esters (lactones) is 1. The Balaban J connectivity index is 1.58. The van der Waals surface area contributed by atoms with Crippen molar-refractivity contribution in [3.8, 4) is 5.75 Å². The number of carbonyl (C=O) groups is 1. The zero-order chi connectivity index (χ0) is 24.4. The first-order chi connectivity index (χ1) is 16.2. The molecule has 1 heterocycles. The summed E-state index contributed by atoms with van der Waals surface area (Å²) in [6.07, 6.45) is 1.56. The van der Waals surface area contributed by atoms with E-state index in [-0.39, 0.29) is 27.9 Å². The van der Waals surface area contributed by atoms with Crippen LogP contribution in [0.2, 0.25) is 5.02 Å². The van der Waals surface area contributed by atoms with Crippen LogP contribution in [0.1, 0.15) is 16.7 Å². The Morgan fingerprint density at radius 3 is 2.41 bits per heavy atom. The van der Waals surface area contributed by atoms with Crippen molar-refractivity contribution in [2.75, 3.05) is 0 Å². The third kappa shape index (κ3) is 5.41. The van der Waals surface area contributed by atoms with Gasteiger partial charge in [-0.3, -0.25) is 10.1 Å². The van der Waals surface area contributed by atoms with Gasteiger partial charge in [-0.2, -0.15) is 0 Å². The number of benzene rings is 3. The van der Waals surface area contributed by atoms with Crippen LogP contribution in [-0.4, -0.2) is 16.8 Å². The van der Waals surface area contributed by atoms with Gasteiger partial charge >= 0.3 is 5.97 Å². The number of nitrogens with zero attached hydrogens (tertiary/aromatic N) is 2. The van der Waals surface area contributed by atoms with E-state index >= 15 is 0 Å². The first kappa shape index (κ1) is 24.6. The molecule has 0 radical (unpaired) electrons. The summed E-state index contributed by atoms with van der Waals surface area (Å²) >= 11 is 16.7. The highest BCUT2D eigenvalue weighted by Gasteiger charge is 2.26. The fourth-order valence-electron chi connectivity index (χ4n) is 3.04. The van der Waals surface area contributed by atoms with Crippen LogP contribution in [-0.2, 0) is 16.1 Å². The summed E-state index contributed by atoms with van der Waals surface area (Å²) in [5, 5.41) is 11.0. The second kappa shape index (κ2) is 10.4. The fraction of sp³-hybridized carbons (Fsp3) is 0.0435. The predicted octanol–water partition coefficient (Wildman–Crippen LogP) is 7.46. The number of esters is 1. The number of non-ortho nitro benzene ring substituents is 1. The van der Waals surface area contributed by atoms with Crippen LogP contribution in [0, 0.1) is 10.1 Å². The zero-order valence-corrected chi connectivity index (χ0v) is 22.4. The molecule has 3 aromatic carbocycles. The number of aliphatic imine (C=N–C) groups is 1. The average Bonchev–Trinajstić information content (AvgIpc) is 3.14. The summed E-state index contributed by atoms with van der Waals surface area (Å²) < 4.78 is 13.5. The van der Waals surface area contributed by atoms with Crippen molar-refractivity contribution in [2.24, 2.45) is 4.99 Å². The first-order valence-electron chi connectivity index (χ1n) is 9.55. The maximum atomic E-state index is 12.4. The number of rotatable bonds is 6. The van der Waals surface area contributed by atoms with Gasteiger partial charge in [0.15, 0.2) is 5.70 Å². The lowest BCUT2D eigenvalue weighted by atomic mass is 10.2. The van der Waals surface area contributed by atoms with Crippen LogP contribution in [0.5, 0.6) is 5.75 Å². The van der Waals surface area contributed by atoms with Crippen molar-refractivity contribution < 1.29 is 19.2 Å². The van der Waals surface area contributed by atoms with E-state index < -0.39 is 10.9 Å². The van der Waals surface area contributed by atoms with Gasteiger partial charge in [-0.15, -0.1) is 0 Å². The molecule has 0 spiro atoms. The van der Waals surface area contributed by atoms with Gasteiger partial charge in [-0.05, 0) is 67.8 Å². The highest BCUT2D eigenvalue weighted by atomic mass is 79.9. The van der Waals surface area contributed by atoms with E-state index in [4.69, 9.17) is 21.1 Å². The van der Waals surface area contributed by atoms with Crippen LogP contribution < -0.4 is 4.74 Å². The maximum Gasteiger partial charge on any atom is 0.363 e. The average molecular weight is 672 g/mol. The molecule has 7 nitrogen and oxygen atoms in total. The van der Waals surface area contributed by atoms with E-state index in [9.17, 15) is 14.9 Å². The van der Waals surface area contributed by atoms with Crippen molar-refractivity contribution in [2.45, 2.75) is 6.61 Å². The third-order valence-corrected chi connectivity index (χ3v) is 6.93. The van der Waals surface area contributed by atoms with Gasteiger partial charge in [0.1, 0.15) is 12.4 Å². The largest absolute Gasteiger partial charge is 0.486 e. The van der Waals surface area contributed by atoms with E-state index in [0.717, 1.165) is 10.0 Å². The van der Waals surface area contributed by atoms with Gasteiger partial charge in [0.05, 0.1) is 24.5 Å². The molecule has 3 aromatic rings. The van der Waals surface area contributed by atoms with Crippen LogP contribution in [0.15, 0.2) is 78.7 Å². The monoisotopic (exact) mass is 668 g/mol. The summed E-state index contributed by atoms with van der Waals surface area (Å²) in [7, 11) is 0. The van der Waals surface area contributed by atoms with E-state index in [1.54, 1.807) is 18.2 Å². The fourth-order valence-corrected chi connectivity index (χ4v) is 5.14. The van der Waals surface area contributed by atoms with E-state index in [2.05, 4.69) is 52.8 Å². The van der Waals surface area contributed by atoms with Crippen molar-refractivity contribution >= 4 is 83.0 Å². The highest BCUT2D eigenvalue weighted by molar-refractivity contribution is 9.11. The molecular formula is C23H12Br3ClN2O5. The minimum Gasteiger partial charge on any atom is -0.486 e. The van der Waals surface area contributed by atoms with E-state index in [1.807, 2.05) is 24.3 Å². The lowest BCUT2D eigenvalue weighted by Gasteiger charge is -2.12. The molecule has 0 amide bonds. The summed E-state index contributed by atoms with van der Waals surface area (Å²) in [5.74, 6) is -0.0812. The number of hydrogen-bond donors (Lipinski definition) is 0. The van der Waals surface area contributed by atoms with Gasteiger partial charge in [0.2, 0.25) is 5.90 Å². The van der Waals surface area contributed by atoms with Crippen LogP contribution in [0.4, 0.5) is 5.69 Å². The zero-order valence-electron chi connectivity index (χ0n) is 16.9. The number of nitro groups is 1. The molecule has 4 rings (SSSR count). The molecular weight excluding hydrogens is 659 g/mol. The molecule has 0 aliphatic carbocycles. The lowest BCUT2D eigenvalue weighted by Crippen LogP contribution is -2.06. The predicted molar refractivity (Wildman–Crippen MR) is 139 cm³/mol. The molecule has 1 aliphatic rings. The molecule has 0 unspecified atom stereocenters. The summed E-state index contributed by atoms with van der Waals surface area (Å²) in [5.41, 5.74) is 1.82. The van der Waals surface area contributed by atoms with Gasteiger partial charge in [0.25, 0.3) is 5.69 Å². The van der Waals surface area contributed by atoms with Crippen molar-refractivity contribution in [1.29, 1.82) is 0 Å². The molecule has 0 fully saturated rings. The Labute approximate surface area is 224 Å². The molecule has 0 aromatic heterocycles. The van der Waals surface area contributed by atoms with Crippen molar-refractivity contribution in [3.05, 3.63) is 106 Å².